The molecule has 1 aliphatic rings. The summed E-state index contributed by atoms with van der Waals surface area (Å²) in [5, 5.41) is 12.0. The Bertz CT molecular complexity index is 385. The van der Waals surface area contributed by atoms with E-state index in [0.29, 0.717) is 0 Å². The van der Waals surface area contributed by atoms with E-state index in [1.165, 1.54) is 0 Å². The van der Waals surface area contributed by atoms with Crippen LogP contribution in [-0.4, -0.2) is 24.7 Å². The first-order valence-corrected chi connectivity index (χ1v) is 4.64. The lowest BCUT2D eigenvalue weighted by atomic mass is 9.79. The molecule has 0 spiro atoms. The van der Waals surface area contributed by atoms with Gasteiger partial charge in [0.2, 0.25) is 0 Å². The average molecular weight is 206 g/mol. The molecule has 0 fully saturated rings. The summed E-state index contributed by atoms with van der Waals surface area (Å²) in [6, 6.07) is 6.74. The Balaban J connectivity index is 2.14. The molecule has 2 amide bonds. The number of hydrogen-bond donors (Lipinski definition) is 3. The lowest BCUT2D eigenvalue weighted by molar-refractivity contribution is 0.186. The predicted octanol–water partition coefficient (Wildman–Crippen LogP) is -0.886. The minimum Gasteiger partial charge on any atom is -0.423 e. The maximum atomic E-state index is 10.5. The highest BCUT2D eigenvalue weighted by atomic mass is 16.5. The van der Waals surface area contributed by atoms with Crippen molar-refractivity contribution >= 4 is 18.6 Å². The van der Waals surface area contributed by atoms with Gasteiger partial charge in [0.05, 0.1) is 6.10 Å². The van der Waals surface area contributed by atoms with E-state index in [9.17, 15) is 9.82 Å². The van der Waals surface area contributed by atoms with Gasteiger partial charge >= 0.3 is 13.1 Å². The standard InChI is InChI=1S/C9H11BN2O3/c11-9(13)12-5-8-6-3-1-2-4-7(6)10(14)15-8/h1-4,8,14H,5H2,(H3,11,12,13). The molecule has 0 saturated heterocycles. The minimum atomic E-state index is -0.916. The molecular formula is C9H11BN2O3. The molecule has 5 nitrogen and oxygen atoms in total. The highest BCUT2D eigenvalue weighted by Gasteiger charge is 2.34. The van der Waals surface area contributed by atoms with Gasteiger partial charge in [0.1, 0.15) is 0 Å². The summed E-state index contributed by atoms with van der Waals surface area (Å²) in [5.41, 5.74) is 6.59. The lowest BCUT2D eigenvalue weighted by Crippen LogP contribution is -2.33. The number of urea groups is 1. The summed E-state index contributed by atoms with van der Waals surface area (Å²) in [4.78, 5) is 10.5. The fraction of sp³-hybridized carbons (Fsp3) is 0.222. The third kappa shape index (κ3) is 1.95. The van der Waals surface area contributed by atoms with Crippen LogP contribution in [-0.2, 0) is 4.65 Å². The van der Waals surface area contributed by atoms with Gasteiger partial charge in [0.15, 0.2) is 0 Å². The number of primary amides is 1. The normalized spacial score (nSPS) is 18.7. The molecule has 0 radical (unpaired) electrons. The van der Waals surface area contributed by atoms with Crippen molar-refractivity contribution in [2.45, 2.75) is 6.10 Å². The van der Waals surface area contributed by atoms with Crippen LogP contribution in [0.4, 0.5) is 4.79 Å². The fourth-order valence-corrected chi connectivity index (χ4v) is 1.68. The van der Waals surface area contributed by atoms with Crippen molar-refractivity contribution in [1.29, 1.82) is 0 Å². The largest absolute Gasteiger partial charge is 0.492 e. The van der Waals surface area contributed by atoms with E-state index in [1.807, 2.05) is 18.2 Å². The SMILES string of the molecule is NC(=O)NCC1OB(O)c2ccccc21. The maximum absolute atomic E-state index is 10.5. The van der Waals surface area contributed by atoms with E-state index in [-0.39, 0.29) is 12.6 Å². The number of nitrogens with one attached hydrogen (secondary N) is 1. The minimum absolute atomic E-state index is 0.267. The summed E-state index contributed by atoms with van der Waals surface area (Å²) in [5.74, 6) is 0. The molecule has 0 bridgehead atoms. The number of nitrogens with two attached hydrogens (primary N) is 1. The molecule has 0 aromatic heterocycles. The van der Waals surface area contributed by atoms with Gasteiger partial charge in [0, 0.05) is 6.54 Å². The topological polar surface area (TPSA) is 84.6 Å². The number of carbonyl (C=O) groups excluding carboxylic acids is 1. The Morgan fingerprint density at radius 3 is 3.07 bits per heavy atom. The van der Waals surface area contributed by atoms with Crippen molar-refractivity contribution in [1.82, 2.24) is 5.32 Å². The number of fused-ring (bicyclic) bond motifs is 1. The Morgan fingerprint density at radius 1 is 1.60 bits per heavy atom. The van der Waals surface area contributed by atoms with Crippen molar-refractivity contribution in [3.05, 3.63) is 29.8 Å². The second-order valence-electron chi connectivity index (χ2n) is 3.35. The smallest absolute Gasteiger partial charge is 0.423 e. The monoisotopic (exact) mass is 206 g/mol. The molecule has 1 atom stereocenters. The molecule has 78 valence electrons. The number of carbonyl (C=O) groups is 1. The van der Waals surface area contributed by atoms with Crippen molar-refractivity contribution < 1.29 is 14.5 Å². The Kier molecular flexibility index (Phi) is 2.61. The van der Waals surface area contributed by atoms with Crippen LogP contribution < -0.4 is 16.5 Å². The van der Waals surface area contributed by atoms with Gasteiger partial charge in [-0.3, -0.25) is 0 Å². The molecular weight excluding hydrogens is 195 g/mol. The van der Waals surface area contributed by atoms with Gasteiger partial charge in [-0.15, -0.1) is 0 Å². The highest BCUT2D eigenvalue weighted by Crippen LogP contribution is 2.21. The van der Waals surface area contributed by atoms with E-state index >= 15 is 0 Å². The van der Waals surface area contributed by atoms with Gasteiger partial charge in [-0.25, -0.2) is 4.79 Å². The molecule has 15 heavy (non-hydrogen) atoms. The number of benzene rings is 1. The number of rotatable bonds is 2. The summed E-state index contributed by atoms with van der Waals surface area (Å²) >= 11 is 0. The lowest BCUT2D eigenvalue weighted by Gasteiger charge is -2.11. The van der Waals surface area contributed by atoms with Crippen LogP contribution >= 0.6 is 0 Å². The van der Waals surface area contributed by atoms with Crippen LogP contribution in [0.2, 0.25) is 0 Å². The fourth-order valence-electron chi connectivity index (χ4n) is 1.68. The zero-order valence-corrected chi connectivity index (χ0v) is 8.01. The summed E-state index contributed by atoms with van der Waals surface area (Å²) < 4.78 is 5.27. The van der Waals surface area contributed by atoms with Gasteiger partial charge in [-0.05, 0) is 11.0 Å². The summed E-state index contributed by atoms with van der Waals surface area (Å²) in [6.45, 7) is 0.267. The van der Waals surface area contributed by atoms with E-state index < -0.39 is 13.1 Å². The van der Waals surface area contributed by atoms with E-state index in [0.717, 1.165) is 11.0 Å². The predicted molar refractivity (Wildman–Crippen MR) is 55.5 cm³/mol. The van der Waals surface area contributed by atoms with Crippen molar-refractivity contribution in [3.8, 4) is 0 Å². The molecule has 1 aromatic carbocycles. The second kappa shape index (κ2) is 3.92. The second-order valence-corrected chi connectivity index (χ2v) is 3.35. The van der Waals surface area contributed by atoms with Gasteiger partial charge in [-0.2, -0.15) is 0 Å². The molecule has 0 aliphatic carbocycles. The Morgan fingerprint density at radius 2 is 2.33 bits per heavy atom. The van der Waals surface area contributed by atoms with Gasteiger partial charge in [0.25, 0.3) is 0 Å². The quantitative estimate of drug-likeness (QED) is 0.549. The Labute approximate surface area is 87.4 Å². The third-order valence-electron chi connectivity index (χ3n) is 2.36. The molecule has 1 aliphatic heterocycles. The van der Waals surface area contributed by atoms with E-state index in [2.05, 4.69) is 5.32 Å². The molecule has 1 unspecified atom stereocenters. The van der Waals surface area contributed by atoms with E-state index in [1.54, 1.807) is 6.07 Å². The molecule has 1 aromatic rings. The Hall–Kier alpha value is -1.53. The first kappa shape index (κ1) is 10.0. The van der Waals surface area contributed by atoms with Crippen molar-refractivity contribution in [3.63, 3.8) is 0 Å². The summed E-state index contributed by atoms with van der Waals surface area (Å²) in [6.07, 6.45) is -0.330. The molecule has 4 N–H and O–H groups in total. The summed E-state index contributed by atoms with van der Waals surface area (Å²) in [7, 11) is -0.916. The van der Waals surface area contributed by atoms with Crippen molar-refractivity contribution in [2.75, 3.05) is 6.54 Å². The molecule has 6 heteroatoms. The zero-order valence-electron chi connectivity index (χ0n) is 8.01. The highest BCUT2D eigenvalue weighted by molar-refractivity contribution is 6.61. The molecule has 2 rings (SSSR count). The number of amides is 2. The van der Waals surface area contributed by atoms with Gasteiger partial charge in [-0.1, -0.05) is 24.3 Å². The van der Waals surface area contributed by atoms with E-state index in [4.69, 9.17) is 10.4 Å². The van der Waals surface area contributed by atoms with Gasteiger partial charge < -0.3 is 20.7 Å². The molecule has 1 heterocycles. The number of hydrogen-bond acceptors (Lipinski definition) is 3. The zero-order chi connectivity index (χ0) is 10.8. The average Bonchev–Trinajstić information content (AvgIpc) is 2.54. The third-order valence-corrected chi connectivity index (χ3v) is 2.36. The first-order valence-electron chi connectivity index (χ1n) is 4.64. The van der Waals surface area contributed by atoms with Crippen LogP contribution in [0.3, 0.4) is 0 Å². The van der Waals surface area contributed by atoms with Crippen LogP contribution in [0, 0.1) is 0 Å². The van der Waals surface area contributed by atoms with Crippen LogP contribution in [0.25, 0.3) is 0 Å². The van der Waals surface area contributed by atoms with Crippen LogP contribution in [0.5, 0.6) is 0 Å². The van der Waals surface area contributed by atoms with Crippen LogP contribution in [0.1, 0.15) is 11.7 Å². The maximum Gasteiger partial charge on any atom is 0.492 e. The van der Waals surface area contributed by atoms with Crippen molar-refractivity contribution in [2.24, 2.45) is 5.73 Å². The first-order chi connectivity index (χ1) is 7.18. The van der Waals surface area contributed by atoms with Crippen LogP contribution in [0.15, 0.2) is 24.3 Å². The molecule has 0 saturated carbocycles.